The van der Waals surface area contributed by atoms with Gasteiger partial charge in [-0.05, 0) is 0 Å². The molecule has 14 heavy (non-hydrogen) atoms. The molecule has 1 N–H and O–H groups in total. The van der Waals surface area contributed by atoms with E-state index in [-0.39, 0.29) is 30.1 Å². The van der Waals surface area contributed by atoms with Crippen molar-refractivity contribution in [3.05, 3.63) is 0 Å². The van der Waals surface area contributed by atoms with Crippen LogP contribution in [-0.4, -0.2) is 35.5 Å². The smallest absolute Gasteiger partial charge is 0.280 e. The van der Waals surface area contributed by atoms with E-state index in [1.54, 1.807) is 6.92 Å². The Morgan fingerprint density at radius 3 is 1.86 bits per heavy atom. The van der Waals surface area contributed by atoms with Crippen LogP contribution in [0.5, 0.6) is 0 Å². The van der Waals surface area contributed by atoms with Crippen LogP contribution in [0.25, 0.3) is 0 Å². The molecule has 0 radical (unpaired) electrons. The Morgan fingerprint density at radius 1 is 0.929 bits per heavy atom. The molecule has 4 bridgehead atoms. The molecule has 4 aliphatic rings. The van der Waals surface area contributed by atoms with E-state index < -0.39 is 12.1 Å². The summed E-state index contributed by atoms with van der Waals surface area (Å²) in [6.45, 7) is 5.91. The second kappa shape index (κ2) is 2.50. The molecule has 7 atom stereocenters. The lowest BCUT2D eigenvalue weighted by atomic mass is 9.73. The Kier molecular flexibility index (Phi) is 1.62. The van der Waals surface area contributed by atoms with E-state index in [0.717, 1.165) is 0 Å². The quantitative estimate of drug-likeness (QED) is 0.618. The van der Waals surface area contributed by atoms with Crippen molar-refractivity contribution in [2.24, 2.45) is 11.8 Å². The average molecular weight is 200 g/mol. The summed E-state index contributed by atoms with van der Waals surface area (Å²) in [5.74, 6) is -0.431. The van der Waals surface area contributed by atoms with Gasteiger partial charge in [-0.1, -0.05) is 13.8 Å². The molecule has 0 aromatic heterocycles. The Morgan fingerprint density at radius 2 is 1.36 bits per heavy atom. The third-order valence-electron chi connectivity index (χ3n) is 3.80. The van der Waals surface area contributed by atoms with Gasteiger partial charge in [-0.2, -0.15) is 0 Å². The molecular weight excluding hydrogens is 184 g/mol. The molecule has 4 heteroatoms. The van der Waals surface area contributed by atoms with Crippen LogP contribution in [0.3, 0.4) is 0 Å². The number of hydrogen-bond acceptors (Lipinski definition) is 4. The predicted octanol–water partition coefficient (Wildman–Crippen LogP) is 0.490. The Bertz CT molecular complexity index is 214. The van der Waals surface area contributed by atoms with Crippen LogP contribution in [0.15, 0.2) is 0 Å². The predicted molar refractivity (Wildman–Crippen MR) is 47.4 cm³/mol. The van der Waals surface area contributed by atoms with Gasteiger partial charge in [0.15, 0.2) is 0 Å². The van der Waals surface area contributed by atoms with Crippen molar-refractivity contribution < 1.29 is 19.3 Å². The largest absolute Gasteiger partial charge is 0.388 e. The summed E-state index contributed by atoms with van der Waals surface area (Å²) in [7, 11) is 0. The Labute approximate surface area is 83.1 Å². The minimum atomic E-state index is -0.918. The standard InChI is InChI=1S/C10H16O4/c1-4-7-5(2)9-6(11)8(4)13-10(3,12-7)14-9/h4-9,11H,1-3H3/t4?,5?,6-,7+,8+,9?,10?/m1/s1. The highest BCUT2D eigenvalue weighted by molar-refractivity contribution is 5.03. The van der Waals surface area contributed by atoms with E-state index in [0.29, 0.717) is 0 Å². The normalized spacial score (nSPS) is 66.0. The zero-order valence-corrected chi connectivity index (χ0v) is 8.64. The number of aliphatic hydroxyl groups excluding tert-OH is 1. The molecular formula is C10H16O4. The fourth-order valence-electron chi connectivity index (χ4n) is 3.06. The van der Waals surface area contributed by atoms with E-state index in [1.807, 2.05) is 0 Å². The van der Waals surface area contributed by atoms with Crippen molar-refractivity contribution in [3.63, 3.8) is 0 Å². The minimum absolute atomic E-state index is 0.131. The zero-order valence-electron chi connectivity index (χ0n) is 8.64. The van der Waals surface area contributed by atoms with Crippen LogP contribution in [0, 0.1) is 11.8 Å². The second-order valence-corrected chi connectivity index (χ2v) is 4.82. The van der Waals surface area contributed by atoms with Crippen LogP contribution in [0.2, 0.25) is 0 Å². The van der Waals surface area contributed by atoms with Crippen molar-refractivity contribution in [2.75, 3.05) is 0 Å². The van der Waals surface area contributed by atoms with E-state index in [4.69, 9.17) is 14.2 Å². The lowest BCUT2D eigenvalue weighted by molar-refractivity contribution is -0.523. The summed E-state index contributed by atoms with van der Waals surface area (Å²) in [6.07, 6.45) is -0.614. The molecule has 4 rings (SSSR count). The van der Waals surface area contributed by atoms with Crippen LogP contribution >= 0.6 is 0 Å². The lowest BCUT2D eigenvalue weighted by Crippen LogP contribution is -2.73. The number of hydrogen-bond donors (Lipinski definition) is 1. The van der Waals surface area contributed by atoms with Crippen molar-refractivity contribution in [1.82, 2.24) is 0 Å². The Hall–Kier alpha value is -0.160. The highest BCUT2D eigenvalue weighted by Crippen LogP contribution is 2.49. The summed E-state index contributed by atoms with van der Waals surface area (Å²) in [5.41, 5.74) is 0. The molecule has 1 saturated carbocycles. The maximum Gasteiger partial charge on any atom is 0.280 e. The van der Waals surface area contributed by atoms with E-state index >= 15 is 0 Å². The van der Waals surface area contributed by atoms with Crippen LogP contribution in [0.4, 0.5) is 0 Å². The van der Waals surface area contributed by atoms with Gasteiger partial charge in [0.2, 0.25) is 0 Å². The highest BCUT2D eigenvalue weighted by Gasteiger charge is 2.62. The summed E-state index contributed by atoms with van der Waals surface area (Å²) >= 11 is 0. The third-order valence-corrected chi connectivity index (χ3v) is 3.80. The summed E-state index contributed by atoms with van der Waals surface area (Å²) in [5, 5.41) is 9.98. The fourth-order valence-corrected chi connectivity index (χ4v) is 3.06. The van der Waals surface area contributed by atoms with Gasteiger partial charge in [0.05, 0.1) is 18.3 Å². The molecule has 0 aromatic carbocycles. The molecule has 3 aliphatic heterocycles. The first-order valence-corrected chi connectivity index (χ1v) is 5.23. The van der Waals surface area contributed by atoms with Gasteiger partial charge in [0.25, 0.3) is 5.97 Å². The first-order chi connectivity index (χ1) is 6.52. The lowest BCUT2D eigenvalue weighted by Gasteiger charge is -2.61. The summed E-state index contributed by atoms with van der Waals surface area (Å²) in [4.78, 5) is 0. The Balaban J connectivity index is 2.00. The molecule has 4 unspecified atom stereocenters. The number of ether oxygens (including phenoxy) is 3. The average Bonchev–Trinajstić information content (AvgIpc) is 2.14. The SMILES string of the molecule is CC1C2OC3(C)O[C@H]1C(C)[C@H](O3)[C@H]2O. The molecule has 4 fully saturated rings. The molecule has 1 aliphatic carbocycles. The maximum atomic E-state index is 9.98. The van der Waals surface area contributed by atoms with E-state index in [1.165, 1.54) is 0 Å². The van der Waals surface area contributed by atoms with Gasteiger partial charge >= 0.3 is 0 Å². The van der Waals surface area contributed by atoms with Crippen LogP contribution < -0.4 is 0 Å². The monoisotopic (exact) mass is 200 g/mol. The maximum absolute atomic E-state index is 9.98. The van der Waals surface area contributed by atoms with Gasteiger partial charge in [0, 0.05) is 18.8 Å². The van der Waals surface area contributed by atoms with Crippen molar-refractivity contribution in [1.29, 1.82) is 0 Å². The molecule has 3 saturated heterocycles. The molecule has 3 heterocycles. The van der Waals surface area contributed by atoms with E-state index in [2.05, 4.69) is 13.8 Å². The first kappa shape index (κ1) is 9.09. The molecule has 0 spiro atoms. The van der Waals surface area contributed by atoms with Gasteiger partial charge in [0.1, 0.15) is 6.10 Å². The minimum Gasteiger partial charge on any atom is -0.388 e. The third kappa shape index (κ3) is 0.922. The van der Waals surface area contributed by atoms with E-state index in [9.17, 15) is 5.11 Å². The van der Waals surface area contributed by atoms with Crippen molar-refractivity contribution >= 4 is 0 Å². The first-order valence-electron chi connectivity index (χ1n) is 5.23. The molecule has 80 valence electrons. The van der Waals surface area contributed by atoms with Crippen LogP contribution in [-0.2, 0) is 14.2 Å². The number of aliphatic hydroxyl groups is 1. The van der Waals surface area contributed by atoms with Crippen LogP contribution in [0.1, 0.15) is 20.8 Å². The zero-order chi connectivity index (χ0) is 10.1. The van der Waals surface area contributed by atoms with Crippen molar-refractivity contribution in [2.45, 2.75) is 51.2 Å². The van der Waals surface area contributed by atoms with Gasteiger partial charge < -0.3 is 19.3 Å². The highest BCUT2D eigenvalue weighted by atomic mass is 16.9. The molecule has 0 amide bonds. The summed E-state index contributed by atoms with van der Waals surface area (Å²) in [6, 6.07) is 0. The van der Waals surface area contributed by atoms with Gasteiger partial charge in [-0.3, -0.25) is 0 Å². The van der Waals surface area contributed by atoms with Crippen molar-refractivity contribution in [3.8, 4) is 0 Å². The summed E-state index contributed by atoms with van der Waals surface area (Å²) < 4.78 is 16.9. The van der Waals surface area contributed by atoms with Gasteiger partial charge in [-0.15, -0.1) is 0 Å². The topological polar surface area (TPSA) is 47.9 Å². The number of rotatable bonds is 0. The molecule has 0 aromatic rings. The molecule has 4 nitrogen and oxygen atoms in total. The second-order valence-electron chi connectivity index (χ2n) is 4.82. The fraction of sp³-hybridized carbons (Fsp3) is 1.00. The van der Waals surface area contributed by atoms with Gasteiger partial charge in [-0.25, -0.2) is 0 Å².